The van der Waals surface area contributed by atoms with Crippen LogP contribution in [0.5, 0.6) is 0 Å². The molecule has 1 aromatic carbocycles. The van der Waals surface area contributed by atoms with E-state index in [2.05, 4.69) is 18.2 Å². The van der Waals surface area contributed by atoms with Gasteiger partial charge in [-0.3, -0.25) is 0 Å². The molecule has 0 bridgehead atoms. The van der Waals surface area contributed by atoms with Gasteiger partial charge in [0.1, 0.15) is 0 Å². The van der Waals surface area contributed by atoms with Gasteiger partial charge in [-0.15, -0.1) is 0 Å². The lowest BCUT2D eigenvalue weighted by Crippen LogP contribution is -2.14. The largest absolute Gasteiger partial charge is 0.381 e. The molecule has 0 N–H and O–H groups in total. The van der Waals surface area contributed by atoms with Gasteiger partial charge >= 0.3 is 0 Å². The van der Waals surface area contributed by atoms with Gasteiger partial charge in [-0.05, 0) is 54.7 Å². The van der Waals surface area contributed by atoms with E-state index in [0.29, 0.717) is 5.92 Å². The number of benzene rings is 1. The minimum atomic E-state index is 0.652. The molecule has 3 rings (SSSR count). The van der Waals surface area contributed by atoms with Gasteiger partial charge in [-0.2, -0.15) is 0 Å². The Balaban J connectivity index is 1.81. The Bertz CT molecular complexity index is 378. The van der Waals surface area contributed by atoms with Crippen LogP contribution in [0.3, 0.4) is 0 Å². The molecule has 0 radical (unpaired) electrons. The number of hydrogen-bond acceptors (Lipinski definition) is 1. The molecule has 1 nitrogen and oxygen atoms in total. The summed E-state index contributed by atoms with van der Waals surface area (Å²) >= 11 is 6.35. The lowest BCUT2D eigenvalue weighted by molar-refractivity contribution is 0.0853. The Kier molecular flexibility index (Phi) is 2.91. The summed E-state index contributed by atoms with van der Waals surface area (Å²) in [6.07, 6.45) is 4.91. The van der Waals surface area contributed by atoms with Crippen LogP contribution < -0.4 is 0 Å². The van der Waals surface area contributed by atoms with E-state index in [0.717, 1.165) is 37.0 Å². The highest BCUT2D eigenvalue weighted by atomic mass is 35.5. The summed E-state index contributed by atoms with van der Waals surface area (Å²) in [6, 6.07) is 6.70. The fraction of sp³-hybridized carbons (Fsp3) is 0.571. The molecule has 86 valence electrons. The van der Waals surface area contributed by atoms with Crippen LogP contribution in [0.2, 0.25) is 5.02 Å². The zero-order valence-electron chi connectivity index (χ0n) is 9.42. The number of halogens is 1. The predicted molar refractivity (Wildman–Crippen MR) is 66.2 cm³/mol. The van der Waals surface area contributed by atoms with Crippen molar-refractivity contribution in [3.8, 4) is 0 Å². The van der Waals surface area contributed by atoms with Gasteiger partial charge in [-0.1, -0.05) is 23.7 Å². The van der Waals surface area contributed by atoms with E-state index >= 15 is 0 Å². The van der Waals surface area contributed by atoms with Crippen LogP contribution in [0.25, 0.3) is 0 Å². The maximum absolute atomic E-state index is 6.35. The zero-order chi connectivity index (χ0) is 11.0. The van der Waals surface area contributed by atoms with E-state index in [1.807, 2.05) is 0 Å². The monoisotopic (exact) mass is 236 g/mol. The van der Waals surface area contributed by atoms with Gasteiger partial charge in [0.25, 0.3) is 0 Å². The molecule has 0 unspecified atom stereocenters. The van der Waals surface area contributed by atoms with Crippen molar-refractivity contribution < 1.29 is 4.74 Å². The van der Waals surface area contributed by atoms with Gasteiger partial charge in [0.05, 0.1) is 0 Å². The van der Waals surface area contributed by atoms with Crippen molar-refractivity contribution in [3.63, 3.8) is 0 Å². The number of rotatable bonds is 2. The Morgan fingerprint density at radius 3 is 2.38 bits per heavy atom. The fourth-order valence-electron chi connectivity index (χ4n) is 2.55. The first-order valence-corrected chi connectivity index (χ1v) is 6.59. The molecule has 16 heavy (non-hydrogen) atoms. The van der Waals surface area contributed by atoms with Crippen molar-refractivity contribution in [1.82, 2.24) is 0 Å². The summed E-state index contributed by atoms with van der Waals surface area (Å²) in [6.45, 7) is 1.79. The third kappa shape index (κ3) is 2.11. The van der Waals surface area contributed by atoms with Crippen LogP contribution in [0.15, 0.2) is 18.2 Å². The van der Waals surface area contributed by atoms with E-state index in [9.17, 15) is 0 Å². The molecule has 2 heteroatoms. The summed E-state index contributed by atoms with van der Waals surface area (Å²) in [5.41, 5.74) is 2.76. The van der Waals surface area contributed by atoms with Crippen LogP contribution in [0.1, 0.15) is 48.6 Å². The van der Waals surface area contributed by atoms with Gasteiger partial charge < -0.3 is 4.74 Å². The van der Waals surface area contributed by atoms with E-state index in [1.54, 1.807) is 0 Å². The van der Waals surface area contributed by atoms with Gasteiger partial charge in [0, 0.05) is 18.2 Å². The Labute approximate surface area is 102 Å². The molecule has 0 aromatic heterocycles. The SMILES string of the molecule is Clc1cc(C2CCOCC2)ccc1C1CC1. The second-order valence-electron chi connectivity index (χ2n) is 4.94. The quantitative estimate of drug-likeness (QED) is 0.751. The Morgan fingerprint density at radius 2 is 1.75 bits per heavy atom. The van der Waals surface area contributed by atoms with Crippen LogP contribution in [-0.2, 0) is 4.74 Å². The Morgan fingerprint density at radius 1 is 1.00 bits per heavy atom. The first-order valence-electron chi connectivity index (χ1n) is 6.21. The molecule has 1 aromatic rings. The number of hydrogen-bond donors (Lipinski definition) is 0. The minimum absolute atomic E-state index is 0.652. The van der Waals surface area contributed by atoms with Gasteiger partial charge in [-0.25, -0.2) is 0 Å². The highest BCUT2D eigenvalue weighted by molar-refractivity contribution is 6.31. The van der Waals surface area contributed by atoms with Crippen molar-refractivity contribution in [2.75, 3.05) is 13.2 Å². The molecule has 2 aliphatic rings. The molecule has 0 amide bonds. The average Bonchev–Trinajstić information content (AvgIpc) is 3.14. The van der Waals surface area contributed by atoms with Crippen LogP contribution in [0.4, 0.5) is 0 Å². The van der Waals surface area contributed by atoms with Crippen LogP contribution in [-0.4, -0.2) is 13.2 Å². The fourth-order valence-corrected chi connectivity index (χ4v) is 2.90. The first-order chi connectivity index (χ1) is 7.84. The maximum atomic E-state index is 6.35. The topological polar surface area (TPSA) is 9.23 Å². The molecule has 2 fully saturated rings. The zero-order valence-corrected chi connectivity index (χ0v) is 10.2. The van der Waals surface area contributed by atoms with Crippen molar-refractivity contribution in [3.05, 3.63) is 34.3 Å². The normalized spacial score (nSPS) is 22.3. The second-order valence-corrected chi connectivity index (χ2v) is 5.35. The predicted octanol–water partition coefficient (Wildman–Crippen LogP) is 4.11. The molecule has 0 atom stereocenters. The average molecular weight is 237 g/mol. The Hall–Kier alpha value is -0.530. The summed E-state index contributed by atoms with van der Waals surface area (Å²) < 4.78 is 5.39. The minimum Gasteiger partial charge on any atom is -0.381 e. The molecule has 1 saturated heterocycles. The lowest BCUT2D eigenvalue weighted by Gasteiger charge is -2.22. The van der Waals surface area contributed by atoms with Gasteiger partial charge in [0.2, 0.25) is 0 Å². The van der Waals surface area contributed by atoms with E-state index < -0.39 is 0 Å². The lowest BCUT2D eigenvalue weighted by atomic mass is 9.91. The van der Waals surface area contributed by atoms with Gasteiger partial charge in [0.15, 0.2) is 0 Å². The smallest absolute Gasteiger partial charge is 0.0471 e. The van der Waals surface area contributed by atoms with Crippen LogP contribution in [0, 0.1) is 0 Å². The molecule has 1 heterocycles. The summed E-state index contributed by atoms with van der Waals surface area (Å²) in [4.78, 5) is 0. The second kappa shape index (κ2) is 4.38. The van der Waals surface area contributed by atoms with E-state index in [-0.39, 0.29) is 0 Å². The van der Waals surface area contributed by atoms with Crippen molar-refractivity contribution in [1.29, 1.82) is 0 Å². The maximum Gasteiger partial charge on any atom is 0.0471 e. The van der Waals surface area contributed by atoms with Crippen molar-refractivity contribution in [2.24, 2.45) is 0 Å². The summed E-state index contributed by atoms with van der Waals surface area (Å²) in [7, 11) is 0. The molecule has 0 spiro atoms. The van der Waals surface area contributed by atoms with Crippen LogP contribution >= 0.6 is 11.6 Å². The molecule has 1 aliphatic heterocycles. The molecule has 1 aliphatic carbocycles. The standard InChI is InChI=1S/C14H17ClO/c15-14-9-12(10-5-7-16-8-6-10)3-4-13(14)11-1-2-11/h3-4,9-11H,1-2,5-8H2. The summed E-state index contributed by atoms with van der Waals surface area (Å²) in [5.74, 6) is 1.40. The molecular weight excluding hydrogens is 220 g/mol. The molecular formula is C14H17ClO. The van der Waals surface area contributed by atoms with E-state index in [1.165, 1.54) is 24.0 Å². The van der Waals surface area contributed by atoms with Crippen molar-refractivity contribution >= 4 is 11.6 Å². The highest BCUT2D eigenvalue weighted by Gasteiger charge is 2.26. The molecule has 1 saturated carbocycles. The third-order valence-electron chi connectivity index (χ3n) is 3.73. The van der Waals surface area contributed by atoms with E-state index in [4.69, 9.17) is 16.3 Å². The summed E-state index contributed by atoms with van der Waals surface area (Å²) in [5, 5.41) is 0.978. The first kappa shape index (κ1) is 10.6. The third-order valence-corrected chi connectivity index (χ3v) is 4.06. The van der Waals surface area contributed by atoms with Crippen molar-refractivity contribution in [2.45, 2.75) is 37.5 Å². The number of ether oxygens (including phenoxy) is 1. The highest BCUT2D eigenvalue weighted by Crippen LogP contribution is 2.44.